The van der Waals surface area contributed by atoms with E-state index in [-0.39, 0.29) is 4.90 Å². The summed E-state index contributed by atoms with van der Waals surface area (Å²) in [5.74, 6) is 0. The number of sulfonamides is 1. The number of nitrogens with one attached hydrogen (secondary N) is 1. The van der Waals surface area contributed by atoms with E-state index < -0.39 is 10.0 Å². The van der Waals surface area contributed by atoms with Gasteiger partial charge in [0.05, 0.1) is 33.0 Å². The number of aromatic nitrogens is 2. The number of hydrogen-bond donors (Lipinski definition) is 1. The fraction of sp³-hybridized carbons (Fsp3) is 0.222. The first-order valence-electron chi connectivity index (χ1n) is 7.61. The Bertz CT molecular complexity index is 1040. The first-order valence-corrected chi connectivity index (χ1v) is 9.10. The summed E-state index contributed by atoms with van der Waals surface area (Å²) in [4.78, 5) is 9.22. The molecule has 0 radical (unpaired) electrons. The second-order valence-electron chi connectivity index (χ2n) is 5.97. The van der Waals surface area contributed by atoms with E-state index in [1.54, 1.807) is 31.2 Å². The zero-order valence-corrected chi connectivity index (χ0v) is 14.9. The van der Waals surface area contributed by atoms with Gasteiger partial charge >= 0.3 is 0 Å². The normalized spacial score (nSPS) is 11.7. The van der Waals surface area contributed by atoms with Gasteiger partial charge in [-0.1, -0.05) is 12.1 Å². The van der Waals surface area contributed by atoms with Crippen molar-refractivity contribution in [2.75, 3.05) is 4.72 Å². The van der Waals surface area contributed by atoms with Crippen LogP contribution in [0.3, 0.4) is 0 Å². The van der Waals surface area contributed by atoms with Gasteiger partial charge in [0.15, 0.2) is 0 Å². The largest absolute Gasteiger partial charge is 0.280 e. The minimum Gasteiger partial charge on any atom is -0.280 e. The molecule has 1 heterocycles. The van der Waals surface area contributed by atoms with Crippen LogP contribution in [0.4, 0.5) is 5.69 Å². The van der Waals surface area contributed by atoms with Crippen LogP contribution in [0.2, 0.25) is 0 Å². The first kappa shape index (κ1) is 16.4. The zero-order chi connectivity index (χ0) is 17.5. The van der Waals surface area contributed by atoms with Gasteiger partial charge in [-0.25, -0.2) is 18.4 Å². The summed E-state index contributed by atoms with van der Waals surface area (Å²) in [6.45, 7) is 7.44. The molecule has 6 heteroatoms. The molecular weight excluding hydrogens is 322 g/mol. The Morgan fingerprint density at radius 3 is 2.21 bits per heavy atom. The Hall–Kier alpha value is -2.47. The Labute approximate surface area is 141 Å². The maximum atomic E-state index is 12.7. The Kier molecular flexibility index (Phi) is 4.01. The van der Waals surface area contributed by atoms with Gasteiger partial charge in [-0.3, -0.25) is 4.72 Å². The third kappa shape index (κ3) is 3.10. The second kappa shape index (κ2) is 5.87. The standard InChI is InChI=1S/C18H19N3O2S/c1-11-5-6-12(2)18(9-11)24(22,23)21-15-7-8-16-17(10-15)20-14(4)13(3)19-16/h5-10,21H,1-4H3. The molecule has 0 aliphatic heterocycles. The van der Waals surface area contributed by atoms with Crippen LogP contribution in [-0.4, -0.2) is 18.4 Å². The summed E-state index contributed by atoms with van der Waals surface area (Å²) in [6.07, 6.45) is 0. The topological polar surface area (TPSA) is 72.0 Å². The molecule has 2 aromatic carbocycles. The summed E-state index contributed by atoms with van der Waals surface area (Å²) in [5.41, 5.74) is 5.19. The SMILES string of the molecule is Cc1ccc(C)c(S(=O)(=O)Nc2ccc3nc(C)c(C)nc3c2)c1. The van der Waals surface area contributed by atoms with Crippen LogP contribution in [-0.2, 0) is 10.0 Å². The van der Waals surface area contributed by atoms with E-state index in [9.17, 15) is 8.42 Å². The highest BCUT2D eigenvalue weighted by Crippen LogP contribution is 2.23. The summed E-state index contributed by atoms with van der Waals surface area (Å²) < 4.78 is 28.0. The third-order valence-electron chi connectivity index (χ3n) is 3.96. The van der Waals surface area contributed by atoms with Gasteiger partial charge in [0.25, 0.3) is 10.0 Å². The number of fused-ring (bicyclic) bond motifs is 1. The van der Waals surface area contributed by atoms with Crippen molar-refractivity contribution in [1.82, 2.24) is 9.97 Å². The van der Waals surface area contributed by atoms with Crippen molar-refractivity contribution >= 4 is 26.7 Å². The Morgan fingerprint density at radius 2 is 1.50 bits per heavy atom. The van der Waals surface area contributed by atoms with E-state index in [0.29, 0.717) is 16.8 Å². The van der Waals surface area contributed by atoms with E-state index in [4.69, 9.17) is 0 Å². The Balaban J connectivity index is 2.02. The molecule has 0 saturated carbocycles. The van der Waals surface area contributed by atoms with Crippen LogP contribution in [0.25, 0.3) is 11.0 Å². The molecule has 3 rings (SSSR count). The fourth-order valence-electron chi connectivity index (χ4n) is 2.50. The third-order valence-corrected chi connectivity index (χ3v) is 5.48. The molecule has 0 aliphatic rings. The number of hydrogen-bond acceptors (Lipinski definition) is 4. The molecule has 0 bridgehead atoms. The minimum absolute atomic E-state index is 0.286. The van der Waals surface area contributed by atoms with Crippen molar-refractivity contribution in [2.24, 2.45) is 0 Å². The van der Waals surface area contributed by atoms with E-state index in [1.165, 1.54) is 0 Å². The van der Waals surface area contributed by atoms with Crippen LogP contribution < -0.4 is 4.72 Å². The highest BCUT2D eigenvalue weighted by Gasteiger charge is 2.17. The summed E-state index contributed by atoms with van der Waals surface area (Å²) in [7, 11) is -3.65. The molecule has 5 nitrogen and oxygen atoms in total. The molecule has 124 valence electrons. The number of rotatable bonds is 3. The second-order valence-corrected chi connectivity index (χ2v) is 7.62. The monoisotopic (exact) mass is 341 g/mol. The van der Waals surface area contributed by atoms with Crippen LogP contribution in [0.5, 0.6) is 0 Å². The number of nitrogens with zero attached hydrogens (tertiary/aromatic N) is 2. The van der Waals surface area contributed by atoms with E-state index in [1.807, 2.05) is 32.9 Å². The van der Waals surface area contributed by atoms with Gasteiger partial charge in [-0.2, -0.15) is 0 Å². The quantitative estimate of drug-likeness (QED) is 0.789. The molecule has 1 aromatic heterocycles. The lowest BCUT2D eigenvalue weighted by Gasteiger charge is -2.12. The number of benzene rings is 2. The van der Waals surface area contributed by atoms with E-state index >= 15 is 0 Å². The van der Waals surface area contributed by atoms with Crippen molar-refractivity contribution in [3.63, 3.8) is 0 Å². The predicted molar refractivity (Wildman–Crippen MR) is 95.7 cm³/mol. The molecular formula is C18H19N3O2S. The summed E-state index contributed by atoms with van der Waals surface area (Å²) >= 11 is 0. The van der Waals surface area contributed by atoms with Crippen LogP contribution in [0.15, 0.2) is 41.3 Å². The molecule has 0 saturated heterocycles. The van der Waals surface area contributed by atoms with E-state index in [2.05, 4.69) is 14.7 Å². The van der Waals surface area contributed by atoms with Crippen LogP contribution >= 0.6 is 0 Å². The van der Waals surface area contributed by atoms with Gasteiger partial charge in [0.2, 0.25) is 0 Å². The fourth-order valence-corrected chi connectivity index (χ4v) is 3.88. The molecule has 0 spiro atoms. The average molecular weight is 341 g/mol. The van der Waals surface area contributed by atoms with Crippen molar-refractivity contribution in [2.45, 2.75) is 32.6 Å². The lowest BCUT2D eigenvalue weighted by atomic mass is 10.2. The maximum absolute atomic E-state index is 12.7. The summed E-state index contributed by atoms with van der Waals surface area (Å²) in [6, 6.07) is 10.6. The summed E-state index contributed by atoms with van der Waals surface area (Å²) in [5, 5.41) is 0. The predicted octanol–water partition coefficient (Wildman–Crippen LogP) is 3.66. The molecule has 0 atom stereocenters. The molecule has 3 aromatic rings. The highest BCUT2D eigenvalue weighted by atomic mass is 32.2. The van der Waals surface area contributed by atoms with Gasteiger partial charge in [0, 0.05) is 0 Å². The zero-order valence-electron chi connectivity index (χ0n) is 14.1. The number of anilines is 1. The molecule has 0 aliphatic carbocycles. The molecule has 0 unspecified atom stereocenters. The van der Waals surface area contributed by atoms with Crippen molar-refractivity contribution in [3.05, 3.63) is 58.9 Å². The molecule has 0 amide bonds. The first-order chi connectivity index (χ1) is 11.3. The Morgan fingerprint density at radius 1 is 0.833 bits per heavy atom. The average Bonchev–Trinajstić information content (AvgIpc) is 2.50. The van der Waals surface area contributed by atoms with E-state index in [0.717, 1.165) is 22.5 Å². The minimum atomic E-state index is -3.65. The van der Waals surface area contributed by atoms with Crippen LogP contribution in [0.1, 0.15) is 22.5 Å². The highest BCUT2D eigenvalue weighted by molar-refractivity contribution is 7.92. The van der Waals surface area contributed by atoms with Gasteiger partial charge in [-0.15, -0.1) is 0 Å². The van der Waals surface area contributed by atoms with Gasteiger partial charge < -0.3 is 0 Å². The maximum Gasteiger partial charge on any atom is 0.262 e. The van der Waals surface area contributed by atoms with Gasteiger partial charge in [-0.05, 0) is 63.1 Å². The van der Waals surface area contributed by atoms with Crippen molar-refractivity contribution in [3.8, 4) is 0 Å². The molecule has 0 fully saturated rings. The van der Waals surface area contributed by atoms with Gasteiger partial charge in [0.1, 0.15) is 0 Å². The number of aryl methyl sites for hydroxylation is 4. The molecule has 24 heavy (non-hydrogen) atoms. The van der Waals surface area contributed by atoms with Crippen molar-refractivity contribution < 1.29 is 8.42 Å². The lowest BCUT2D eigenvalue weighted by Crippen LogP contribution is -2.14. The van der Waals surface area contributed by atoms with Crippen LogP contribution in [0, 0.1) is 27.7 Å². The lowest BCUT2D eigenvalue weighted by molar-refractivity contribution is 0.600. The smallest absolute Gasteiger partial charge is 0.262 e. The van der Waals surface area contributed by atoms with Crippen molar-refractivity contribution in [1.29, 1.82) is 0 Å². The molecule has 1 N–H and O–H groups in total.